The van der Waals surface area contributed by atoms with Crippen LogP contribution in [0.2, 0.25) is 0 Å². The van der Waals surface area contributed by atoms with Gasteiger partial charge in [0.1, 0.15) is 0 Å². The van der Waals surface area contributed by atoms with Crippen molar-refractivity contribution in [3.05, 3.63) is 69.7 Å². The van der Waals surface area contributed by atoms with Gasteiger partial charge in [-0.15, -0.1) is 0 Å². The van der Waals surface area contributed by atoms with Gasteiger partial charge >= 0.3 is 6.18 Å². The molecule has 1 unspecified atom stereocenters. The Kier molecular flexibility index (Phi) is 4.50. The van der Waals surface area contributed by atoms with Crippen LogP contribution in [-0.4, -0.2) is 0 Å². The first-order valence-electron chi connectivity index (χ1n) is 6.04. The minimum Gasteiger partial charge on any atom is -0.324 e. The molecule has 2 rings (SSSR count). The lowest BCUT2D eigenvalue weighted by Gasteiger charge is -2.16. The molecule has 1 nitrogen and oxygen atoms in total. The summed E-state index contributed by atoms with van der Waals surface area (Å²) in [4.78, 5) is 0. The van der Waals surface area contributed by atoms with Crippen molar-refractivity contribution in [2.45, 2.75) is 18.6 Å². The van der Waals surface area contributed by atoms with E-state index in [1.165, 1.54) is 6.07 Å². The fourth-order valence-electron chi connectivity index (χ4n) is 1.98. The zero-order valence-electron chi connectivity index (χ0n) is 10.5. The number of nitrogens with two attached hydrogens (primary N) is 1. The fraction of sp³-hybridized carbons (Fsp3) is 0.200. The summed E-state index contributed by atoms with van der Waals surface area (Å²) in [5.74, 6) is 0. The molecule has 0 aliphatic heterocycles. The van der Waals surface area contributed by atoms with Crippen LogP contribution in [0.15, 0.2) is 53.0 Å². The molecule has 0 radical (unpaired) electrons. The van der Waals surface area contributed by atoms with Crippen LogP contribution in [0.25, 0.3) is 0 Å². The third kappa shape index (κ3) is 3.61. The Morgan fingerprint density at radius 2 is 1.70 bits per heavy atom. The molecule has 20 heavy (non-hydrogen) atoms. The molecule has 0 aromatic heterocycles. The Balaban J connectivity index is 2.25. The second-order valence-corrected chi connectivity index (χ2v) is 5.39. The van der Waals surface area contributed by atoms with E-state index in [1.54, 1.807) is 6.07 Å². The first-order chi connectivity index (χ1) is 9.38. The lowest BCUT2D eigenvalue weighted by Crippen LogP contribution is -2.15. The Morgan fingerprint density at radius 3 is 2.30 bits per heavy atom. The SMILES string of the molecule is NC(Cc1ccccc1)c1ccc(Br)c(C(F)(F)F)c1. The van der Waals surface area contributed by atoms with E-state index in [1.807, 2.05) is 30.3 Å². The maximum atomic E-state index is 12.8. The van der Waals surface area contributed by atoms with Crippen LogP contribution in [0.1, 0.15) is 22.7 Å². The van der Waals surface area contributed by atoms with Gasteiger partial charge < -0.3 is 5.73 Å². The van der Waals surface area contributed by atoms with Gasteiger partial charge in [-0.25, -0.2) is 0 Å². The Hall–Kier alpha value is -1.33. The van der Waals surface area contributed by atoms with E-state index in [0.29, 0.717) is 12.0 Å². The van der Waals surface area contributed by atoms with E-state index in [-0.39, 0.29) is 4.47 Å². The highest BCUT2D eigenvalue weighted by Crippen LogP contribution is 2.36. The highest BCUT2D eigenvalue weighted by atomic mass is 79.9. The maximum absolute atomic E-state index is 12.8. The van der Waals surface area contributed by atoms with Crippen LogP contribution >= 0.6 is 15.9 Å². The van der Waals surface area contributed by atoms with Crippen molar-refractivity contribution in [3.63, 3.8) is 0 Å². The molecule has 0 aliphatic rings. The molecular formula is C15H13BrF3N. The molecule has 106 valence electrons. The Labute approximate surface area is 123 Å². The summed E-state index contributed by atoms with van der Waals surface area (Å²) >= 11 is 2.92. The minimum absolute atomic E-state index is 0.0284. The van der Waals surface area contributed by atoms with Gasteiger partial charge in [-0.05, 0) is 29.7 Å². The largest absolute Gasteiger partial charge is 0.417 e. The van der Waals surface area contributed by atoms with Crippen molar-refractivity contribution < 1.29 is 13.2 Å². The lowest BCUT2D eigenvalue weighted by atomic mass is 9.98. The van der Waals surface area contributed by atoms with Gasteiger partial charge in [0.25, 0.3) is 0 Å². The first-order valence-corrected chi connectivity index (χ1v) is 6.83. The van der Waals surface area contributed by atoms with Crippen molar-refractivity contribution in [2.75, 3.05) is 0 Å². The van der Waals surface area contributed by atoms with Crippen LogP contribution in [0.5, 0.6) is 0 Å². The Morgan fingerprint density at radius 1 is 1.05 bits per heavy atom. The van der Waals surface area contributed by atoms with Crippen molar-refractivity contribution in [3.8, 4) is 0 Å². The van der Waals surface area contributed by atoms with E-state index >= 15 is 0 Å². The summed E-state index contributed by atoms with van der Waals surface area (Å²) in [6.07, 6.45) is -3.89. The average molecular weight is 344 g/mol. The number of hydrogen-bond donors (Lipinski definition) is 1. The first kappa shape index (κ1) is 15.1. The summed E-state index contributed by atoms with van der Waals surface area (Å²) in [5, 5.41) is 0. The zero-order chi connectivity index (χ0) is 14.8. The van der Waals surface area contributed by atoms with Gasteiger partial charge in [0.05, 0.1) is 5.56 Å². The van der Waals surface area contributed by atoms with Gasteiger partial charge in [-0.3, -0.25) is 0 Å². The van der Waals surface area contributed by atoms with Crippen molar-refractivity contribution in [1.29, 1.82) is 0 Å². The van der Waals surface area contributed by atoms with Crippen molar-refractivity contribution in [1.82, 2.24) is 0 Å². The van der Waals surface area contributed by atoms with E-state index in [0.717, 1.165) is 11.6 Å². The van der Waals surface area contributed by atoms with Gasteiger partial charge in [-0.1, -0.05) is 52.3 Å². The topological polar surface area (TPSA) is 26.0 Å². The molecule has 0 spiro atoms. The maximum Gasteiger partial charge on any atom is 0.417 e. The van der Waals surface area contributed by atoms with Crippen LogP contribution in [0.4, 0.5) is 13.2 Å². The van der Waals surface area contributed by atoms with Gasteiger partial charge in [0.2, 0.25) is 0 Å². The predicted molar refractivity (Wildman–Crippen MR) is 76.2 cm³/mol. The molecule has 0 heterocycles. The smallest absolute Gasteiger partial charge is 0.324 e. The number of halogens is 4. The lowest BCUT2D eigenvalue weighted by molar-refractivity contribution is -0.138. The average Bonchev–Trinajstić information content (AvgIpc) is 2.39. The summed E-state index contributed by atoms with van der Waals surface area (Å²) < 4.78 is 38.6. The number of hydrogen-bond acceptors (Lipinski definition) is 1. The molecular weight excluding hydrogens is 331 g/mol. The quantitative estimate of drug-likeness (QED) is 0.857. The summed E-state index contributed by atoms with van der Waals surface area (Å²) in [5.41, 5.74) is 6.78. The van der Waals surface area contributed by atoms with E-state index in [4.69, 9.17) is 5.73 Å². The molecule has 2 aromatic carbocycles. The summed E-state index contributed by atoms with van der Waals surface area (Å²) in [6.45, 7) is 0. The van der Waals surface area contributed by atoms with E-state index in [2.05, 4.69) is 15.9 Å². The molecule has 0 saturated carbocycles. The van der Waals surface area contributed by atoms with E-state index < -0.39 is 17.8 Å². The number of alkyl halides is 3. The fourth-order valence-corrected chi connectivity index (χ4v) is 2.45. The summed E-state index contributed by atoms with van der Waals surface area (Å²) in [7, 11) is 0. The highest BCUT2D eigenvalue weighted by molar-refractivity contribution is 9.10. The monoisotopic (exact) mass is 343 g/mol. The standard InChI is InChI=1S/C15H13BrF3N/c16-13-7-6-11(9-12(13)15(17,18)19)14(20)8-10-4-2-1-3-5-10/h1-7,9,14H,8,20H2. The molecule has 5 heteroatoms. The normalized spacial score (nSPS) is 13.2. The molecule has 2 aromatic rings. The van der Waals surface area contributed by atoms with Gasteiger partial charge in [0, 0.05) is 10.5 Å². The van der Waals surface area contributed by atoms with Crippen LogP contribution < -0.4 is 5.73 Å². The highest BCUT2D eigenvalue weighted by Gasteiger charge is 2.33. The number of rotatable bonds is 3. The molecule has 0 fully saturated rings. The van der Waals surface area contributed by atoms with E-state index in [9.17, 15) is 13.2 Å². The number of benzene rings is 2. The van der Waals surface area contributed by atoms with Gasteiger partial charge in [0.15, 0.2) is 0 Å². The van der Waals surface area contributed by atoms with Crippen LogP contribution in [0.3, 0.4) is 0 Å². The van der Waals surface area contributed by atoms with Crippen LogP contribution in [0, 0.1) is 0 Å². The predicted octanol–water partition coefficient (Wildman–Crippen LogP) is 4.71. The molecule has 0 aliphatic carbocycles. The van der Waals surface area contributed by atoms with Crippen LogP contribution in [-0.2, 0) is 12.6 Å². The third-order valence-electron chi connectivity index (χ3n) is 3.02. The molecule has 0 amide bonds. The molecule has 1 atom stereocenters. The third-order valence-corrected chi connectivity index (χ3v) is 3.71. The second kappa shape index (κ2) is 5.97. The van der Waals surface area contributed by atoms with Crippen molar-refractivity contribution >= 4 is 15.9 Å². The molecule has 0 bridgehead atoms. The van der Waals surface area contributed by atoms with Gasteiger partial charge in [-0.2, -0.15) is 13.2 Å². The minimum atomic E-state index is -4.39. The molecule has 0 saturated heterocycles. The Bertz CT molecular complexity index is 581. The zero-order valence-corrected chi connectivity index (χ0v) is 12.1. The molecule has 2 N–H and O–H groups in total. The van der Waals surface area contributed by atoms with Crippen molar-refractivity contribution in [2.24, 2.45) is 5.73 Å². The summed E-state index contributed by atoms with van der Waals surface area (Å²) in [6, 6.07) is 13.1. The second-order valence-electron chi connectivity index (χ2n) is 4.53.